The second-order valence-electron chi connectivity index (χ2n) is 8.46. The summed E-state index contributed by atoms with van der Waals surface area (Å²) in [5.41, 5.74) is 2.37. The van der Waals surface area contributed by atoms with Gasteiger partial charge in [-0.25, -0.2) is 4.98 Å². The van der Waals surface area contributed by atoms with Crippen LogP contribution in [0.1, 0.15) is 18.4 Å². The van der Waals surface area contributed by atoms with E-state index in [0.717, 1.165) is 50.7 Å². The molecule has 0 aliphatic carbocycles. The fourth-order valence-electron chi connectivity index (χ4n) is 5.02. The predicted molar refractivity (Wildman–Crippen MR) is 118 cm³/mol. The van der Waals surface area contributed by atoms with Crippen LogP contribution in [-0.4, -0.2) is 67.9 Å². The maximum absolute atomic E-state index is 13.3. The molecule has 8 nitrogen and oxygen atoms in total. The van der Waals surface area contributed by atoms with Crippen LogP contribution < -0.4 is 19.9 Å². The van der Waals surface area contributed by atoms with Gasteiger partial charge in [-0.15, -0.1) is 0 Å². The number of fused-ring (bicyclic) bond motifs is 3. The molecule has 2 saturated heterocycles. The third kappa shape index (κ3) is 4.04. The molecule has 1 aromatic carbocycles. The van der Waals surface area contributed by atoms with Crippen LogP contribution in [0.3, 0.4) is 0 Å². The first-order valence-corrected chi connectivity index (χ1v) is 11.1. The van der Waals surface area contributed by atoms with E-state index in [4.69, 9.17) is 9.47 Å². The van der Waals surface area contributed by atoms with Gasteiger partial charge in [0.1, 0.15) is 11.6 Å². The van der Waals surface area contributed by atoms with Crippen molar-refractivity contribution in [1.29, 1.82) is 0 Å². The molecule has 2 aromatic rings. The number of amides is 1. The molecule has 0 radical (unpaired) electrons. The fraction of sp³-hybridized carbons (Fsp3) is 0.522. The van der Waals surface area contributed by atoms with Crippen molar-refractivity contribution in [2.45, 2.75) is 31.4 Å². The normalized spacial score (nSPS) is 25.0. The summed E-state index contributed by atoms with van der Waals surface area (Å²) in [7, 11) is 1.69. The number of ether oxygens (including phenoxy) is 2. The van der Waals surface area contributed by atoms with Gasteiger partial charge in [-0.05, 0) is 30.9 Å². The van der Waals surface area contributed by atoms with Crippen LogP contribution in [0.25, 0.3) is 0 Å². The van der Waals surface area contributed by atoms with Crippen molar-refractivity contribution in [2.75, 3.05) is 49.7 Å². The number of nitrogens with one attached hydrogen (secondary N) is 1. The number of carbonyl (C=O) groups excluding carboxylic acids is 1. The van der Waals surface area contributed by atoms with Crippen LogP contribution >= 0.6 is 0 Å². The zero-order chi connectivity index (χ0) is 21.2. The van der Waals surface area contributed by atoms with E-state index < -0.39 is 0 Å². The van der Waals surface area contributed by atoms with Crippen molar-refractivity contribution in [3.8, 4) is 5.75 Å². The minimum atomic E-state index is -0.137. The standard InChI is InChI=1S/C23H29N5O3/c1-30-17-5-4-16-11-19(23(29)26-13-18-3-2-10-31-18)21-15-27(22-14-24-6-7-25-22)8-9-28(21)20(16)12-17/h4-7,12,14,18-19,21H,2-3,8-11,13,15H2,1H3,(H,26,29)/t18-,19+,21+/m0/s1. The van der Waals surface area contributed by atoms with Crippen LogP contribution in [0.2, 0.25) is 0 Å². The van der Waals surface area contributed by atoms with Crippen LogP contribution in [0.4, 0.5) is 11.5 Å². The maximum atomic E-state index is 13.3. The topological polar surface area (TPSA) is 79.8 Å². The maximum Gasteiger partial charge on any atom is 0.225 e. The molecule has 3 atom stereocenters. The predicted octanol–water partition coefficient (Wildman–Crippen LogP) is 1.65. The Hall–Kier alpha value is -2.87. The third-order valence-corrected chi connectivity index (χ3v) is 6.66. The summed E-state index contributed by atoms with van der Waals surface area (Å²) in [4.78, 5) is 26.6. The fourth-order valence-corrected chi connectivity index (χ4v) is 5.02. The molecular formula is C23H29N5O3. The molecule has 1 aromatic heterocycles. The molecule has 8 heteroatoms. The Balaban J connectivity index is 1.40. The molecule has 0 bridgehead atoms. The van der Waals surface area contributed by atoms with Crippen molar-refractivity contribution < 1.29 is 14.3 Å². The lowest BCUT2D eigenvalue weighted by atomic mass is 9.83. The van der Waals surface area contributed by atoms with Crippen molar-refractivity contribution in [3.63, 3.8) is 0 Å². The Morgan fingerprint density at radius 1 is 1.32 bits per heavy atom. The van der Waals surface area contributed by atoms with E-state index >= 15 is 0 Å². The number of aromatic nitrogens is 2. The number of carbonyl (C=O) groups is 1. The number of piperazine rings is 1. The first-order chi connectivity index (χ1) is 15.2. The lowest BCUT2D eigenvalue weighted by Gasteiger charge is -2.49. The Morgan fingerprint density at radius 2 is 2.26 bits per heavy atom. The number of hydrogen-bond donors (Lipinski definition) is 1. The molecule has 0 saturated carbocycles. The second kappa shape index (κ2) is 8.70. The zero-order valence-corrected chi connectivity index (χ0v) is 17.9. The van der Waals surface area contributed by atoms with Gasteiger partial charge >= 0.3 is 0 Å². The molecule has 0 spiro atoms. The van der Waals surface area contributed by atoms with Crippen LogP contribution in [-0.2, 0) is 16.0 Å². The average molecular weight is 424 g/mol. The summed E-state index contributed by atoms with van der Waals surface area (Å²) in [6.45, 7) is 3.76. The van der Waals surface area contributed by atoms with Crippen LogP contribution in [0.15, 0.2) is 36.8 Å². The van der Waals surface area contributed by atoms with Crippen molar-refractivity contribution >= 4 is 17.4 Å². The highest BCUT2D eigenvalue weighted by Crippen LogP contribution is 2.38. The zero-order valence-electron chi connectivity index (χ0n) is 17.9. The highest BCUT2D eigenvalue weighted by Gasteiger charge is 2.42. The molecule has 1 N–H and O–H groups in total. The third-order valence-electron chi connectivity index (χ3n) is 6.66. The summed E-state index contributed by atoms with van der Waals surface area (Å²) in [5, 5.41) is 3.17. The van der Waals surface area contributed by atoms with Gasteiger partial charge in [0.2, 0.25) is 5.91 Å². The van der Waals surface area contributed by atoms with Gasteiger partial charge in [0.05, 0.1) is 31.4 Å². The minimum absolute atomic E-state index is 0.0554. The number of benzene rings is 1. The van der Waals surface area contributed by atoms with E-state index in [1.54, 1.807) is 25.7 Å². The monoisotopic (exact) mass is 423 g/mol. The van der Waals surface area contributed by atoms with E-state index in [0.29, 0.717) is 13.0 Å². The number of rotatable bonds is 5. The molecule has 164 valence electrons. The Bertz CT molecular complexity index is 919. The van der Waals surface area contributed by atoms with Gasteiger partial charge < -0.3 is 24.6 Å². The smallest absolute Gasteiger partial charge is 0.225 e. The summed E-state index contributed by atoms with van der Waals surface area (Å²) in [6, 6.07) is 6.23. The van der Waals surface area contributed by atoms with Gasteiger partial charge in [0.15, 0.2) is 0 Å². The van der Waals surface area contributed by atoms with Crippen molar-refractivity contribution in [1.82, 2.24) is 15.3 Å². The van der Waals surface area contributed by atoms with Gasteiger partial charge in [0.25, 0.3) is 0 Å². The molecule has 0 unspecified atom stereocenters. The van der Waals surface area contributed by atoms with E-state index in [9.17, 15) is 4.79 Å². The number of hydrogen-bond acceptors (Lipinski definition) is 7. The second-order valence-corrected chi connectivity index (χ2v) is 8.46. The SMILES string of the molecule is COc1ccc2c(c1)N1CCN(c3cnccn3)C[C@@H]1[C@H](C(=O)NC[C@@H]1CCCO1)C2. The van der Waals surface area contributed by atoms with Crippen molar-refractivity contribution in [3.05, 3.63) is 42.4 Å². The molecule has 5 rings (SSSR count). The summed E-state index contributed by atoms with van der Waals surface area (Å²) >= 11 is 0. The number of methoxy groups -OCH3 is 1. The van der Waals surface area contributed by atoms with Gasteiger partial charge in [0, 0.05) is 56.9 Å². The highest BCUT2D eigenvalue weighted by molar-refractivity contribution is 5.82. The largest absolute Gasteiger partial charge is 0.497 e. The number of anilines is 2. The summed E-state index contributed by atoms with van der Waals surface area (Å²) in [6.07, 6.45) is 8.14. The average Bonchev–Trinajstić information content (AvgIpc) is 3.35. The molecule has 2 fully saturated rings. The minimum Gasteiger partial charge on any atom is -0.497 e. The first kappa shape index (κ1) is 20.1. The molecule has 31 heavy (non-hydrogen) atoms. The quantitative estimate of drug-likeness (QED) is 0.783. The van der Waals surface area contributed by atoms with Crippen molar-refractivity contribution in [2.24, 2.45) is 5.92 Å². The Kier molecular flexibility index (Phi) is 5.63. The molecular weight excluding hydrogens is 394 g/mol. The number of nitrogens with zero attached hydrogens (tertiary/aromatic N) is 4. The van der Waals surface area contributed by atoms with Crippen LogP contribution in [0, 0.1) is 5.92 Å². The van der Waals surface area contributed by atoms with E-state index in [-0.39, 0.29) is 24.0 Å². The molecule has 3 aliphatic rings. The molecule has 3 aliphatic heterocycles. The molecule has 1 amide bonds. The lowest BCUT2D eigenvalue weighted by Crippen LogP contribution is -2.61. The van der Waals surface area contributed by atoms with Gasteiger partial charge in [-0.3, -0.25) is 9.78 Å². The van der Waals surface area contributed by atoms with E-state index in [1.807, 2.05) is 6.07 Å². The van der Waals surface area contributed by atoms with Gasteiger partial charge in [-0.1, -0.05) is 6.07 Å². The first-order valence-electron chi connectivity index (χ1n) is 11.1. The van der Waals surface area contributed by atoms with E-state index in [2.05, 4.69) is 37.2 Å². The summed E-state index contributed by atoms with van der Waals surface area (Å²) in [5.74, 6) is 1.67. The van der Waals surface area contributed by atoms with Gasteiger partial charge in [-0.2, -0.15) is 0 Å². The summed E-state index contributed by atoms with van der Waals surface area (Å²) < 4.78 is 11.2. The Labute approximate surface area is 182 Å². The highest BCUT2D eigenvalue weighted by atomic mass is 16.5. The van der Waals surface area contributed by atoms with E-state index in [1.165, 1.54) is 11.3 Å². The lowest BCUT2D eigenvalue weighted by molar-refractivity contribution is -0.126. The Morgan fingerprint density at radius 3 is 3.03 bits per heavy atom. The molecule has 4 heterocycles. The van der Waals surface area contributed by atoms with Crippen LogP contribution in [0.5, 0.6) is 5.75 Å².